The Balaban J connectivity index is 2.18. The Morgan fingerprint density at radius 2 is 1.94 bits per heavy atom. The number of nitrogen functional groups attached to an aromatic ring is 1. The van der Waals surface area contributed by atoms with Crippen molar-refractivity contribution in [2.75, 3.05) is 5.73 Å². The smallest absolute Gasteiger partial charge is 0.156 e. The summed E-state index contributed by atoms with van der Waals surface area (Å²) in [4.78, 5) is 12.0. The molecule has 0 fully saturated rings. The van der Waals surface area contributed by atoms with Gasteiger partial charge < -0.3 is 5.73 Å². The zero-order chi connectivity index (χ0) is 11.0. The fourth-order valence-electron chi connectivity index (χ4n) is 1.49. The van der Waals surface area contributed by atoms with Gasteiger partial charge in [-0.1, -0.05) is 0 Å². The lowest BCUT2D eigenvalue weighted by Gasteiger charge is -1.99. The van der Waals surface area contributed by atoms with Crippen molar-refractivity contribution < 1.29 is 0 Å². The minimum atomic E-state index is 0.453. The molecule has 3 aromatic rings. The quantitative estimate of drug-likeness (QED) is 0.644. The number of imidazole rings is 1. The van der Waals surface area contributed by atoms with Gasteiger partial charge in [-0.2, -0.15) is 5.10 Å². The molecule has 3 aromatic heterocycles. The van der Waals surface area contributed by atoms with E-state index in [1.807, 2.05) is 12.1 Å². The summed E-state index contributed by atoms with van der Waals surface area (Å²) in [6.07, 6.45) is 6.57. The average Bonchev–Trinajstić information content (AvgIpc) is 2.69. The molecule has 6 heteroatoms. The van der Waals surface area contributed by atoms with E-state index in [1.165, 1.54) is 6.33 Å². The molecule has 0 unspecified atom stereocenters. The molecule has 0 atom stereocenters. The van der Waals surface area contributed by atoms with Crippen LogP contribution in [-0.4, -0.2) is 24.6 Å². The number of fused-ring (bicyclic) bond motifs is 1. The highest BCUT2D eigenvalue weighted by molar-refractivity contribution is 5.58. The fraction of sp³-hybridized carbons (Fsp3) is 0. The molecule has 0 spiro atoms. The monoisotopic (exact) mass is 212 g/mol. The van der Waals surface area contributed by atoms with Crippen LogP contribution in [0.25, 0.3) is 16.9 Å². The predicted molar refractivity (Wildman–Crippen MR) is 58.4 cm³/mol. The summed E-state index contributed by atoms with van der Waals surface area (Å²) in [5.74, 6) is 0.453. The Hall–Kier alpha value is -2.50. The molecule has 0 aliphatic carbocycles. The van der Waals surface area contributed by atoms with Crippen molar-refractivity contribution in [2.45, 2.75) is 0 Å². The number of rotatable bonds is 1. The number of aromatic nitrogens is 5. The van der Waals surface area contributed by atoms with Crippen LogP contribution in [0.2, 0.25) is 0 Å². The molecule has 0 radical (unpaired) electrons. The second-order valence-corrected chi connectivity index (χ2v) is 3.31. The van der Waals surface area contributed by atoms with E-state index in [0.29, 0.717) is 5.82 Å². The Morgan fingerprint density at radius 3 is 2.75 bits per heavy atom. The molecule has 0 aliphatic heterocycles. The first-order valence-corrected chi connectivity index (χ1v) is 4.70. The molecule has 2 N–H and O–H groups in total. The zero-order valence-corrected chi connectivity index (χ0v) is 8.28. The van der Waals surface area contributed by atoms with Crippen LogP contribution >= 0.6 is 0 Å². The van der Waals surface area contributed by atoms with Crippen molar-refractivity contribution in [3.63, 3.8) is 0 Å². The van der Waals surface area contributed by atoms with Gasteiger partial charge in [-0.25, -0.2) is 19.5 Å². The van der Waals surface area contributed by atoms with Crippen molar-refractivity contribution in [1.82, 2.24) is 24.6 Å². The molecule has 0 aliphatic rings. The molecule has 16 heavy (non-hydrogen) atoms. The normalized spacial score (nSPS) is 10.8. The fourth-order valence-corrected chi connectivity index (χ4v) is 1.49. The van der Waals surface area contributed by atoms with E-state index >= 15 is 0 Å². The predicted octanol–water partition coefficient (Wildman–Crippen LogP) is 0.769. The number of anilines is 1. The summed E-state index contributed by atoms with van der Waals surface area (Å²) < 4.78 is 1.64. The van der Waals surface area contributed by atoms with Crippen molar-refractivity contribution in [1.29, 1.82) is 0 Å². The van der Waals surface area contributed by atoms with Crippen LogP contribution in [0.5, 0.6) is 0 Å². The summed E-state index contributed by atoms with van der Waals surface area (Å²) >= 11 is 0. The molecular weight excluding hydrogens is 204 g/mol. The van der Waals surface area contributed by atoms with Gasteiger partial charge in [0.25, 0.3) is 0 Å². The van der Waals surface area contributed by atoms with Gasteiger partial charge in [0, 0.05) is 18.0 Å². The van der Waals surface area contributed by atoms with E-state index in [1.54, 1.807) is 23.1 Å². The Morgan fingerprint density at radius 1 is 1.12 bits per heavy atom. The topological polar surface area (TPSA) is 82.0 Å². The second-order valence-electron chi connectivity index (χ2n) is 3.31. The summed E-state index contributed by atoms with van der Waals surface area (Å²) in [7, 11) is 0. The van der Waals surface area contributed by atoms with Crippen molar-refractivity contribution in [2.24, 2.45) is 0 Å². The third kappa shape index (κ3) is 1.36. The highest BCUT2D eigenvalue weighted by Crippen LogP contribution is 2.15. The lowest BCUT2D eigenvalue weighted by atomic mass is 10.2. The first kappa shape index (κ1) is 8.78. The Kier molecular flexibility index (Phi) is 1.79. The SMILES string of the molecule is Nc1cn2nc(-c3cncnc3)ccc2n1. The molecule has 3 rings (SSSR count). The first-order chi connectivity index (χ1) is 7.83. The number of nitrogens with two attached hydrogens (primary N) is 1. The summed E-state index contributed by atoms with van der Waals surface area (Å²) in [5.41, 5.74) is 7.94. The lowest BCUT2D eigenvalue weighted by molar-refractivity contribution is 0.940. The Bertz CT molecular complexity index is 630. The molecule has 0 bridgehead atoms. The maximum atomic E-state index is 5.58. The van der Waals surface area contributed by atoms with Gasteiger partial charge in [-0.05, 0) is 12.1 Å². The second kappa shape index (κ2) is 3.27. The van der Waals surface area contributed by atoms with Crippen LogP contribution in [-0.2, 0) is 0 Å². The number of nitrogens with zero attached hydrogens (tertiary/aromatic N) is 5. The average molecular weight is 212 g/mol. The highest BCUT2D eigenvalue weighted by Gasteiger charge is 2.03. The van der Waals surface area contributed by atoms with E-state index in [2.05, 4.69) is 20.1 Å². The van der Waals surface area contributed by atoms with E-state index in [4.69, 9.17) is 5.73 Å². The van der Waals surface area contributed by atoms with Gasteiger partial charge in [0.05, 0.1) is 11.9 Å². The molecule has 0 aromatic carbocycles. The van der Waals surface area contributed by atoms with Gasteiger partial charge in [0.15, 0.2) is 5.65 Å². The molecule has 0 amide bonds. The van der Waals surface area contributed by atoms with Crippen molar-refractivity contribution >= 4 is 11.5 Å². The van der Waals surface area contributed by atoms with E-state index < -0.39 is 0 Å². The van der Waals surface area contributed by atoms with Crippen LogP contribution in [0, 0.1) is 0 Å². The molecule has 6 nitrogen and oxygen atoms in total. The van der Waals surface area contributed by atoms with E-state index in [-0.39, 0.29) is 0 Å². The molecular formula is C10H8N6. The minimum absolute atomic E-state index is 0.453. The van der Waals surface area contributed by atoms with Crippen molar-refractivity contribution in [3.8, 4) is 11.3 Å². The van der Waals surface area contributed by atoms with Gasteiger partial charge in [-0.15, -0.1) is 0 Å². The summed E-state index contributed by atoms with van der Waals surface area (Å²) in [6.45, 7) is 0. The Labute approximate surface area is 90.8 Å². The lowest BCUT2D eigenvalue weighted by Crippen LogP contribution is -1.93. The van der Waals surface area contributed by atoms with E-state index in [9.17, 15) is 0 Å². The molecule has 78 valence electrons. The van der Waals surface area contributed by atoms with E-state index in [0.717, 1.165) is 16.9 Å². The summed E-state index contributed by atoms with van der Waals surface area (Å²) in [6, 6.07) is 3.71. The highest BCUT2D eigenvalue weighted by atomic mass is 15.3. The molecule has 0 saturated carbocycles. The van der Waals surface area contributed by atoms with Crippen LogP contribution in [0.1, 0.15) is 0 Å². The van der Waals surface area contributed by atoms with Gasteiger partial charge in [0.1, 0.15) is 12.1 Å². The molecule has 0 saturated heterocycles. The number of hydrogen-bond donors (Lipinski definition) is 1. The van der Waals surface area contributed by atoms with Gasteiger partial charge in [0.2, 0.25) is 0 Å². The minimum Gasteiger partial charge on any atom is -0.382 e. The first-order valence-electron chi connectivity index (χ1n) is 4.70. The van der Waals surface area contributed by atoms with Gasteiger partial charge >= 0.3 is 0 Å². The largest absolute Gasteiger partial charge is 0.382 e. The third-order valence-corrected chi connectivity index (χ3v) is 2.20. The van der Waals surface area contributed by atoms with Crippen molar-refractivity contribution in [3.05, 3.63) is 37.1 Å². The maximum Gasteiger partial charge on any atom is 0.156 e. The van der Waals surface area contributed by atoms with Crippen LogP contribution in [0.4, 0.5) is 5.82 Å². The summed E-state index contributed by atoms with van der Waals surface area (Å²) in [5, 5.41) is 4.36. The van der Waals surface area contributed by atoms with Crippen LogP contribution < -0.4 is 5.73 Å². The standard InChI is InChI=1S/C10H8N6/c11-9-5-16-10(14-9)2-1-8(15-16)7-3-12-6-13-4-7/h1-6H,11H2. The van der Waals surface area contributed by atoms with Crippen LogP contribution in [0.15, 0.2) is 37.1 Å². The van der Waals surface area contributed by atoms with Crippen LogP contribution in [0.3, 0.4) is 0 Å². The van der Waals surface area contributed by atoms with Gasteiger partial charge in [-0.3, -0.25) is 0 Å². The third-order valence-electron chi connectivity index (χ3n) is 2.20. The zero-order valence-electron chi connectivity index (χ0n) is 8.28. The number of hydrogen-bond acceptors (Lipinski definition) is 5. The maximum absolute atomic E-state index is 5.58. The molecule has 3 heterocycles.